The van der Waals surface area contributed by atoms with Gasteiger partial charge < -0.3 is 0 Å². The summed E-state index contributed by atoms with van der Waals surface area (Å²) in [5, 5.41) is 7.50. The van der Waals surface area contributed by atoms with Crippen LogP contribution in [-0.2, 0) is 6.42 Å². The van der Waals surface area contributed by atoms with Crippen LogP contribution in [0.4, 0.5) is 13.2 Å². The Morgan fingerprint density at radius 2 is 1.43 bits per heavy atom. The van der Waals surface area contributed by atoms with E-state index in [1.165, 1.54) is 11.8 Å². The first-order valence-corrected chi connectivity index (χ1v) is 7.01. The summed E-state index contributed by atoms with van der Waals surface area (Å²) in [4.78, 5) is 0. The van der Waals surface area contributed by atoms with Gasteiger partial charge in [-0.05, 0) is 36.1 Å². The minimum atomic E-state index is -1.50. The van der Waals surface area contributed by atoms with Crippen LogP contribution in [0.15, 0.2) is 59.3 Å². The highest BCUT2D eigenvalue weighted by Crippen LogP contribution is 2.12. The summed E-state index contributed by atoms with van der Waals surface area (Å²) in [6, 6.07) is 9.47. The molecule has 0 saturated carbocycles. The van der Waals surface area contributed by atoms with E-state index in [4.69, 9.17) is 0 Å². The molecule has 0 atom stereocenters. The Bertz CT molecular complexity index is 711. The van der Waals surface area contributed by atoms with E-state index in [1.54, 1.807) is 0 Å². The van der Waals surface area contributed by atoms with Crippen molar-refractivity contribution in [2.75, 3.05) is 0 Å². The smallest absolute Gasteiger partial charge is 0.194 e. The Hall–Kier alpha value is -2.69. The lowest BCUT2D eigenvalue weighted by atomic mass is 10.1. The van der Waals surface area contributed by atoms with E-state index in [-0.39, 0.29) is 5.56 Å². The molecule has 0 aliphatic heterocycles. The summed E-state index contributed by atoms with van der Waals surface area (Å²) in [6.07, 6.45) is 6.39. The van der Waals surface area contributed by atoms with Crippen LogP contribution in [0.2, 0.25) is 0 Å². The molecule has 0 radical (unpaired) electrons. The van der Waals surface area contributed by atoms with E-state index >= 15 is 0 Å². The highest BCUT2D eigenvalue weighted by molar-refractivity contribution is 5.82. The zero-order chi connectivity index (χ0) is 16.7. The lowest BCUT2D eigenvalue weighted by Gasteiger charge is -1.98. The molecular weight excluding hydrogens is 301 g/mol. The number of allylic oxidation sites excluding steroid dienone is 1. The molecule has 0 bridgehead atoms. The second kappa shape index (κ2) is 8.08. The summed E-state index contributed by atoms with van der Waals surface area (Å²) in [7, 11) is 0. The average molecular weight is 316 g/mol. The molecule has 118 valence electrons. The third-order valence-electron chi connectivity index (χ3n) is 3.10. The van der Waals surface area contributed by atoms with Crippen molar-refractivity contribution in [2.24, 2.45) is 10.2 Å². The van der Waals surface area contributed by atoms with Crippen LogP contribution in [0, 0.1) is 17.5 Å². The molecule has 0 fully saturated rings. The summed E-state index contributed by atoms with van der Waals surface area (Å²) in [6.45, 7) is 3.68. The van der Waals surface area contributed by atoms with E-state index < -0.39 is 17.5 Å². The van der Waals surface area contributed by atoms with Crippen LogP contribution < -0.4 is 0 Å². The minimum absolute atomic E-state index is 0.0957. The largest absolute Gasteiger partial charge is 0.204 e. The van der Waals surface area contributed by atoms with Gasteiger partial charge in [-0.1, -0.05) is 30.3 Å². The minimum Gasteiger partial charge on any atom is -0.204 e. The van der Waals surface area contributed by atoms with Gasteiger partial charge in [-0.3, -0.25) is 0 Å². The normalized spacial score (nSPS) is 11.4. The van der Waals surface area contributed by atoms with Crippen LogP contribution in [0.1, 0.15) is 23.1 Å². The topological polar surface area (TPSA) is 24.7 Å². The van der Waals surface area contributed by atoms with Crippen molar-refractivity contribution in [1.29, 1.82) is 0 Å². The molecule has 2 aromatic rings. The van der Waals surface area contributed by atoms with E-state index in [9.17, 15) is 13.2 Å². The standard InChI is InChI=1S/C18H15F3N2/c1-2-3-4-13-5-7-14(8-6-13)11-22-23-12-15-9-16(19)18(21)17(20)10-15/h2,5-12H,1,3-4H2. The van der Waals surface area contributed by atoms with Gasteiger partial charge in [0.2, 0.25) is 0 Å². The second-order valence-corrected chi connectivity index (χ2v) is 4.86. The monoisotopic (exact) mass is 316 g/mol. The molecule has 0 unspecified atom stereocenters. The number of halogens is 3. The fourth-order valence-corrected chi connectivity index (χ4v) is 1.89. The predicted molar refractivity (Wildman–Crippen MR) is 86.5 cm³/mol. The van der Waals surface area contributed by atoms with Crippen molar-refractivity contribution in [2.45, 2.75) is 12.8 Å². The fraction of sp³-hybridized carbons (Fsp3) is 0.111. The lowest BCUT2D eigenvalue weighted by molar-refractivity contribution is 0.447. The number of benzene rings is 2. The van der Waals surface area contributed by atoms with Gasteiger partial charge in [-0.15, -0.1) is 6.58 Å². The molecule has 0 spiro atoms. The zero-order valence-electron chi connectivity index (χ0n) is 12.3. The zero-order valence-corrected chi connectivity index (χ0v) is 12.3. The first kappa shape index (κ1) is 16.7. The number of nitrogens with zero attached hydrogens (tertiary/aromatic N) is 2. The molecule has 2 nitrogen and oxygen atoms in total. The third-order valence-corrected chi connectivity index (χ3v) is 3.10. The van der Waals surface area contributed by atoms with E-state index in [1.807, 2.05) is 30.3 Å². The summed E-state index contributed by atoms with van der Waals surface area (Å²) >= 11 is 0. The highest BCUT2D eigenvalue weighted by atomic mass is 19.2. The molecular formula is C18H15F3N2. The molecule has 0 aliphatic rings. The molecule has 0 heterocycles. The Kier molecular flexibility index (Phi) is 5.86. The Morgan fingerprint density at radius 3 is 2.00 bits per heavy atom. The van der Waals surface area contributed by atoms with Crippen LogP contribution in [-0.4, -0.2) is 12.4 Å². The molecule has 5 heteroatoms. The number of hydrogen-bond donors (Lipinski definition) is 0. The maximum atomic E-state index is 13.0. The molecule has 2 rings (SSSR count). The average Bonchev–Trinajstić information content (AvgIpc) is 2.55. The molecule has 0 amide bonds. The van der Waals surface area contributed by atoms with Crippen molar-refractivity contribution in [3.63, 3.8) is 0 Å². The van der Waals surface area contributed by atoms with Crippen molar-refractivity contribution in [3.8, 4) is 0 Å². The van der Waals surface area contributed by atoms with Gasteiger partial charge >= 0.3 is 0 Å². The van der Waals surface area contributed by atoms with Gasteiger partial charge in [-0.2, -0.15) is 10.2 Å². The molecule has 0 aliphatic carbocycles. The van der Waals surface area contributed by atoms with E-state index in [2.05, 4.69) is 16.8 Å². The van der Waals surface area contributed by atoms with Gasteiger partial charge in [0.05, 0.1) is 12.4 Å². The van der Waals surface area contributed by atoms with Crippen LogP contribution in [0.25, 0.3) is 0 Å². The van der Waals surface area contributed by atoms with Crippen LogP contribution >= 0.6 is 0 Å². The maximum absolute atomic E-state index is 13.0. The fourth-order valence-electron chi connectivity index (χ4n) is 1.89. The first-order valence-electron chi connectivity index (χ1n) is 7.01. The second-order valence-electron chi connectivity index (χ2n) is 4.86. The molecule has 0 aromatic heterocycles. The first-order chi connectivity index (χ1) is 11.1. The SMILES string of the molecule is C=CCCc1ccc(C=NN=Cc2cc(F)c(F)c(F)c2)cc1. The van der Waals surface area contributed by atoms with Crippen molar-refractivity contribution >= 4 is 12.4 Å². The number of rotatable bonds is 6. The summed E-state index contributed by atoms with van der Waals surface area (Å²) < 4.78 is 38.8. The van der Waals surface area contributed by atoms with Crippen molar-refractivity contribution in [1.82, 2.24) is 0 Å². The molecule has 23 heavy (non-hydrogen) atoms. The summed E-state index contributed by atoms with van der Waals surface area (Å²) in [5.41, 5.74) is 2.14. The van der Waals surface area contributed by atoms with Crippen molar-refractivity contribution in [3.05, 3.63) is 83.2 Å². The number of hydrogen-bond acceptors (Lipinski definition) is 2. The number of aryl methyl sites for hydroxylation is 1. The van der Waals surface area contributed by atoms with E-state index in [0.717, 1.165) is 36.8 Å². The Morgan fingerprint density at radius 1 is 0.870 bits per heavy atom. The van der Waals surface area contributed by atoms with Gasteiger partial charge in [0.15, 0.2) is 17.5 Å². The van der Waals surface area contributed by atoms with Crippen LogP contribution in [0.3, 0.4) is 0 Å². The Balaban J connectivity index is 1.99. The van der Waals surface area contributed by atoms with E-state index in [0.29, 0.717) is 0 Å². The molecule has 2 aromatic carbocycles. The molecule has 0 saturated heterocycles. The Labute approximate surface area is 132 Å². The van der Waals surface area contributed by atoms with Crippen molar-refractivity contribution < 1.29 is 13.2 Å². The maximum Gasteiger partial charge on any atom is 0.194 e. The van der Waals surface area contributed by atoms with Gasteiger partial charge in [-0.25, -0.2) is 13.2 Å². The predicted octanol–water partition coefficient (Wildman–Crippen LogP) is 4.68. The van der Waals surface area contributed by atoms with Gasteiger partial charge in [0.1, 0.15) is 0 Å². The quantitative estimate of drug-likeness (QED) is 0.320. The third kappa shape index (κ3) is 4.92. The summed E-state index contributed by atoms with van der Waals surface area (Å²) in [5.74, 6) is -4.02. The lowest BCUT2D eigenvalue weighted by Crippen LogP contribution is -1.93. The van der Waals surface area contributed by atoms with Crippen LogP contribution in [0.5, 0.6) is 0 Å². The van der Waals surface area contributed by atoms with Gasteiger partial charge in [0, 0.05) is 5.56 Å². The highest BCUT2D eigenvalue weighted by Gasteiger charge is 2.09. The molecule has 0 N–H and O–H groups in total. The van der Waals surface area contributed by atoms with Gasteiger partial charge in [0.25, 0.3) is 0 Å².